The molecule has 3 aromatic heterocycles. The number of carbonyl (C=O) groups is 1. The Bertz CT molecular complexity index is 1390. The van der Waals surface area contributed by atoms with Crippen molar-refractivity contribution in [3.05, 3.63) is 36.1 Å². The Morgan fingerprint density at radius 3 is 2.82 bits per heavy atom. The highest BCUT2D eigenvalue weighted by atomic mass is 16.5. The van der Waals surface area contributed by atoms with Crippen LogP contribution in [-0.2, 0) is 13.6 Å². The highest BCUT2D eigenvalue weighted by molar-refractivity contribution is 6.00. The van der Waals surface area contributed by atoms with E-state index in [9.17, 15) is 4.79 Å². The van der Waals surface area contributed by atoms with Crippen molar-refractivity contribution in [3.8, 4) is 17.3 Å². The Balaban J connectivity index is 1.46. The average Bonchev–Trinajstić information content (AvgIpc) is 3.28. The van der Waals surface area contributed by atoms with Crippen LogP contribution in [0.2, 0.25) is 0 Å². The van der Waals surface area contributed by atoms with E-state index >= 15 is 0 Å². The predicted molar refractivity (Wildman–Crippen MR) is 131 cm³/mol. The van der Waals surface area contributed by atoms with Gasteiger partial charge in [0, 0.05) is 43.2 Å². The molecule has 1 aliphatic heterocycles. The summed E-state index contributed by atoms with van der Waals surface area (Å²) in [6, 6.07) is 8.02. The molecule has 34 heavy (non-hydrogen) atoms. The normalized spacial score (nSPS) is 21.0. The molecule has 0 radical (unpaired) electrons. The van der Waals surface area contributed by atoms with E-state index in [1.165, 1.54) is 12.8 Å². The van der Waals surface area contributed by atoms with Crippen molar-refractivity contribution in [3.63, 3.8) is 0 Å². The predicted octanol–water partition coefficient (Wildman–Crippen LogP) is 4.16. The molecule has 0 spiro atoms. The summed E-state index contributed by atoms with van der Waals surface area (Å²) >= 11 is 0. The van der Waals surface area contributed by atoms with Gasteiger partial charge in [0.05, 0.1) is 24.6 Å². The van der Waals surface area contributed by atoms with Gasteiger partial charge in [-0.2, -0.15) is 0 Å². The Labute approximate surface area is 198 Å². The number of aromatic nitrogens is 3. The van der Waals surface area contributed by atoms with Crippen molar-refractivity contribution in [2.24, 2.45) is 18.7 Å². The summed E-state index contributed by atoms with van der Waals surface area (Å²) in [4.78, 5) is 20.3. The molecule has 4 heterocycles. The van der Waals surface area contributed by atoms with E-state index in [1.807, 2.05) is 30.1 Å². The lowest BCUT2D eigenvalue weighted by molar-refractivity contribution is 0.0612. The van der Waals surface area contributed by atoms with Gasteiger partial charge in [0.2, 0.25) is 5.71 Å². The lowest BCUT2D eigenvalue weighted by Crippen LogP contribution is -2.50. The van der Waals surface area contributed by atoms with E-state index in [2.05, 4.69) is 22.1 Å². The Morgan fingerprint density at radius 2 is 2.06 bits per heavy atom. The summed E-state index contributed by atoms with van der Waals surface area (Å²) in [5, 5.41) is 1.07. The van der Waals surface area contributed by atoms with Crippen molar-refractivity contribution in [1.29, 1.82) is 0 Å². The SMILES string of the molecule is COc1cc(C(=O)N2CC(N)CCC2C)cc2nc(-c3cc4ccoc4n3CC3CC3)n(C)c12. The van der Waals surface area contributed by atoms with E-state index < -0.39 is 0 Å². The van der Waals surface area contributed by atoms with Gasteiger partial charge in [0.1, 0.15) is 11.3 Å². The maximum atomic E-state index is 13.5. The lowest BCUT2D eigenvalue weighted by atomic mass is 9.99. The molecule has 4 aromatic rings. The molecule has 8 nitrogen and oxygen atoms in total. The van der Waals surface area contributed by atoms with Crippen LogP contribution in [0.25, 0.3) is 33.7 Å². The number of amides is 1. The topological polar surface area (TPSA) is 91.5 Å². The maximum Gasteiger partial charge on any atom is 0.254 e. The minimum absolute atomic E-state index is 0.0182. The summed E-state index contributed by atoms with van der Waals surface area (Å²) in [7, 11) is 3.63. The molecule has 2 N–H and O–H groups in total. The van der Waals surface area contributed by atoms with Crippen LogP contribution >= 0.6 is 0 Å². The molecule has 178 valence electrons. The number of carbonyl (C=O) groups excluding carboxylic acids is 1. The fraction of sp³-hybridized carbons (Fsp3) is 0.462. The van der Waals surface area contributed by atoms with Gasteiger partial charge in [0.15, 0.2) is 5.82 Å². The number of fused-ring (bicyclic) bond motifs is 2. The van der Waals surface area contributed by atoms with Gasteiger partial charge in [-0.05, 0) is 62.8 Å². The van der Waals surface area contributed by atoms with Crippen LogP contribution in [0.3, 0.4) is 0 Å². The number of hydrogen-bond acceptors (Lipinski definition) is 5. The molecule has 1 aliphatic carbocycles. The third-order valence-electron chi connectivity index (χ3n) is 7.45. The van der Waals surface area contributed by atoms with Gasteiger partial charge < -0.3 is 28.9 Å². The lowest BCUT2D eigenvalue weighted by Gasteiger charge is -2.36. The standard InChI is InChI=1S/C26H31N5O3/c1-15-4-7-19(27)14-30(15)25(32)18-10-20-23(22(12-18)33-3)29(2)24(28-20)21-11-17-8-9-34-26(17)31(21)13-16-5-6-16/h8-12,15-16,19H,4-7,13-14,27H2,1-3H3. The number of piperidine rings is 1. The van der Waals surface area contributed by atoms with Crippen molar-refractivity contribution >= 4 is 28.0 Å². The number of nitrogens with zero attached hydrogens (tertiary/aromatic N) is 4. The number of aryl methyl sites for hydroxylation is 1. The number of benzene rings is 1. The number of hydrogen-bond donors (Lipinski definition) is 1. The number of nitrogens with two attached hydrogens (primary N) is 1. The van der Waals surface area contributed by atoms with Crippen LogP contribution in [0.5, 0.6) is 5.75 Å². The zero-order valence-electron chi connectivity index (χ0n) is 20.0. The fourth-order valence-electron chi connectivity index (χ4n) is 5.30. The molecule has 1 amide bonds. The molecule has 1 saturated carbocycles. The van der Waals surface area contributed by atoms with Crippen molar-refractivity contribution in [2.75, 3.05) is 13.7 Å². The number of furan rings is 1. The number of likely N-dealkylation sites (tertiary alicyclic amines) is 1. The van der Waals surface area contributed by atoms with E-state index in [0.717, 1.165) is 53.0 Å². The van der Waals surface area contributed by atoms with E-state index in [-0.39, 0.29) is 18.0 Å². The van der Waals surface area contributed by atoms with Crippen LogP contribution in [0.1, 0.15) is 43.0 Å². The Kier molecular flexibility index (Phi) is 4.95. The summed E-state index contributed by atoms with van der Waals surface area (Å²) in [5.41, 5.74) is 10.3. The second-order valence-electron chi connectivity index (χ2n) is 9.95. The van der Waals surface area contributed by atoms with Gasteiger partial charge in [-0.1, -0.05) is 0 Å². The molecule has 1 saturated heterocycles. The minimum atomic E-state index is -0.0234. The second-order valence-corrected chi connectivity index (χ2v) is 9.95. The molecule has 2 atom stereocenters. The maximum absolute atomic E-state index is 13.5. The third kappa shape index (κ3) is 3.39. The van der Waals surface area contributed by atoms with Crippen molar-refractivity contribution < 1.29 is 13.9 Å². The summed E-state index contributed by atoms with van der Waals surface area (Å²) in [5.74, 6) is 2.13. The number of rotatable bonds is 5. The van der Waals surface area contributed by atoms with E-state index in [1.54, 1.807) is 13.4 Å². The Hall–Kier alpha value is -3.26. The summed E-state index contributed by atoms with van der Waals surface area (Å²) in [6.45, 7) is 3.58. The van der Waals surface area contributed by atoms with Gasteiger partial charge in [0.25, 0.3) is 5.91 Å². The molecular weight excluding hydrogens is 430 g/mol. The summed E-state index contributed by atoms with van der Waals surface area (Å²) < 4.78 is 15.9. The number of ether oxygens (including phenoxy) is 1. The monoisotopic (exact) mass is 461 g/mol. The third-order valence-corrected chi connectivity index (χ3v) is 7.45. The molecule has 6 rings (SSSR count). The first-order valence-corrected chi connectivity index (χ1v) is 12.1. The zero-order chi connectivity index (χ0) is 23.6. The van der Waals surface area contributed by atoms with Gasteiger partial charge in [-0.3, -0.25) is 4.79 Å². The quantitative estimate of drug-likeness (QED) is 0.482. The van der Waals surface area contributed by atoms with Crippen molar-refractivity contribution in [2.45, 2.75) is 51.2 Å². The fourth-order valence-corrected chi connectivity index (χ4v) is 5.30. The van der Waals surface area contributed by atoms with Crippen LogP contribution in [0, 0.1) is 5.92 Å². The highest BCUT2D eigenvalue weighted by Gasteiger charge is 2.30. The number of imidazole rings is 1. The smallest absolute Gasteiger partial charge is 0.254 e. The minimum Gasteiger partial charge on any atom is -0.494 e. The molecule has 8 heteroatoms. The highest BCUT2D eigenvalue weighted by Crippen LogP contribution is 2.38. The van der Waals surface area contributed by atoms with Crippen LogP contribution in [-0.4, -0.2) is 50.7 Å². The van der Waals surface area contributed by atoms with E-state index in [4.69, 9.17) is 19.9 Å². The zero-order valence-corrected chi connectivity index (χ0v) is 20.0. The number of methoxy groups -OCH3 is 1. The van der Waals surface area contributed by atoms with Gasteiger partial charge in [-0.15, -0.1) is 0 Å². The first-order chi connectivity index (χ1) is 16.4. The van der Waals surface area contributed by atoms with Gasteiger partial charge in [-0.25, -0.2) is 4.98 Å². The largest absolute Gasteiger partial charge is 0.494 e. The van der Waals surface area contributed by atoms with Crippen LogP contribution in [0.4, 0.5) is 0 Å². The molecule has 0 bridgehead atoms. The second kappa shape index (κ2) is 7.91. The molecule has 2 aliphatic rings. The summed E-state index contributed by atoms with van der Waals surface area (Å²) in [6.07, 6.45) is 6.10. The van der Waals surface area contributed by atoms with E-state index in [0.29, 0.717) is 23.8 Å². The first kappa shape index (κ1) is 21.3. The van der Waals surface area contributed by atoms with Crippen LogP contribution in [0.15, 0.2) is 34.9 Å². The first-order valence-electron chi connectivity index (χ1n) is 12.1. The molecule has 1 aromatic carbocycles. The van der Waals surface area contributed by atoms with Crippen LogP contribution < -0.4 is 10.5 Å². The van der Waals surface area contributed by atoms with Gasteiger partial charge >= 0.3 is 0 Å². The molecular formula is C26H31N5O3. The molecule has 2 fully saturated rings. The van der Waals surface area contributed by atoms with Crippen molar-refractivity contribution in [1.82, 2.24) is 19.0 Å². The Morgan fingerprint density at radius 1 is 1.24 bits per heavy atom. The average molecular weight is 462 g/mol. The molecule has 2 unspecified atom stereocenters.